The van der Waals surface area contributed by atoms with E-state index in [1.807, 2.05) is 0 Å². The summed E-state index contributed by atoms with van der Waals surface area (Å²) in [5.74, 6) is 0. The summed E-state index contributed by atoms with van der Waals surface area (Å²) in [6, 6.07) is 140. The maximum atomic E-state index is 2.75. The molecule has 0 aliphatic carbocycles. The van der Waals surface area contributed by atoms with Crippen molar-refractivity contribution in [2.75, 3.05) is 19.6 Å². The summed E-state index contributed by atoms with van der Waals surface area (Å²) in [7, 11) is 0. The second kappa shape index (κ2) is 24.8. The van der Waals surface area contributed by atoms with Crippen molar-refractivity contribution in [2.45, 2.75) is 52.4 Å². The van der Waals surface area contributed by atoms with Gasteiger partial charge in [0, 0.05) is 73.7 Å². The first-order valence-corrected chi connectivity index (χ1v) is 41.0. The maximum Gasteiger partial charge on any atom is 0.252 e. The predicted molar refractivity (Wildman–Crippen MR) is 500 cm³/mol. The van der Waals surface area contributed by atoms with Crippen LogP contribution < -0.4 is 52.4 Å². The lowest BCUT2D eigenvalue weighted by atomic mass is 9.30. The topological polar surface area (TPSA) is 13.0 Å². The molecule has 4 aliphatic heterocycles. The molecule has 4 heterocycles. The Labute approximate surface area is 676 Å². The number of para-hydroxylation sites is 3. The number of hydrogen-bond donors (Lipinski definition) is 0. The van der Waals surface area contributed by atoms with Crippen LogP contribution >= 0.6 is 0 Å². The average Bonchev–Trinajstić information content (AvgIpc) is 0.679. The van der Waals surface area contributed by atoms with Crippen LogP contribution in [-0.2, 0) is 10.8 Å². The number of anilines is 12. The molecule has 116 heavy (non-hydrogen) atoms. The van der Waals surface area contributed by atoms with E-state index in [1.54, 1.807) is 0 Å². The van der Waals surface area contributed by atoms with Crippen LogP contribution in [0.25, 0.3) is 119 Å². The van der Waals surface area contributed by atoms with Gasteiger partial charge in [-0.1, -0.05) is 327 Å². The van der Waals surface area contributed by atoms with Crippen LogP contribution in [0.5, 0.6) is 0 Å². The smallest absolute Gasteiger partial charge is 0.252 e. The summed E-state index contributed by atoms with van der Waals surface area (Å²) >= 11 is 0. The highest BCUT2D eigenvalue weighted by Crippen LogP contribution is 2.55. The summed E-state index contributed by atoms with van der Waals surface area (Å²) in [5.41, 5.74) is 28.0. The first kappa shape index (κ1) is 66.7. The van der Waals surface area contributed by atoms with Crippen molar-refractivity contribution in [3.63, 3.8) is 0 Å². The van der Waals surface area contributed by atoms with Crippen LogP contribution in [0.15, 0.2) is 364 Å². The summed E-state index contributed by atoms with van der Waals surface area (Å²) in [6.45, 7) is 13.9. The third-order valence-electron chi connectivity index (χ3n) is 26.2. The van der Waals surface area contributed by atoms with Gasteiger partial charge >= 0.3 is 0 Å². The van der Waals surface area contributed by atoms with Crippen LogP contribution in [-0.4, -0.2) is 13.4 Å². The molecule has 0 radical (unpaired) electrons. The molecule has 0 fully saturated rings. The van der Waals surface area contributed by atoms with Crippen molar-refractivity contribution >= 4 is 211 Å². The minimum atomic E-state index is -0.295. The highest BCUT2D eigenvalue weighted by Gasteiger charge is 2.50. The Morgan fingerprint density at radius 2 is 0.457 bits per heavy atom. The van der Waals surface area contributed by atoms with E-state index in [0.29, 0.717) is 0 Å². The van der Waals surface area contributed by atoms with Gasteiger partial charge in [0.25, 0.3) is 13.4 Å². The third-order valence-corrected chi connectivity index (χ3v) is 26.2. The highest BCUT2D eigenvalue weighted by atomic mass is 15.2. The Bertz CT molecular complexity index is 7500. The zero-order valence-electron chi connectivity index (χ0n) is 65.6. The number of benzene rings is 20. The van der Waals surface area contributed by atoms with E-state index in [9.17, 15) is 0 Å². The van der Waals surface area contributed by atoms with Crippen LogP contribution in [0.4, 0.5) is 68.2 Å². The van der Waals surface area contributed by atoms with Crippen LogP contribution in [0, 0.1) is 0 Å². The van der Waals surface area contributed by atoms with Crippen molar-refractivity contribution in [2.24, 2.45) is 0 Å². The highest BCUT2D eigenvalue weighted by molar-refractivity contribution is 7.03. The van der Waals surface area contributed by atoms with E-state index < -0.39 is 0 Å². The molecule has 4 nitrogen and oxygen atoms in total. The maximum absolute atomic E-state index is 2.75. The predicted octanol–water partition coefficient (Wildman–Crippen LogP) is 26.2. The monoisotopic (exact) mass is 1480 g/mol. The van der Waals surface area contributed by atoms with Crippen molar-refractivity contribution in [3.05, 3.63) is 375 Å². The number of hydrogen-bond acceptors (Lipinski definition) is 4. The quantitative estimate of drug-likeness (QED) is 0.121. The van der Waals surface area contributed by atoms with Gasteiger partial charge in [0.1, 0.15) is 0 Å². The molecule has 0 N–H and O–H groups in total. The zero-order valence-corrected chi connectivity index (χ0v) is 65.6. The van der Waals surface area contributed by atoms with Gasteiger partial charge in [0.2, 0.25) is 0 Å². The van der Waals surface area contributed by atoms with E-state index in [2.05, 4.69) is 425 Å². The lowest BCUT2D eigenvalue weighted by molar-refractivity contribution is 0.590. The molecule has 20 aromatic carbocycles. The van der Waals surface area contributed by atoms with Gasteiger partial charge in [-0.3, -0.25) is 0 Å². The van der Waals surface area contributed by atoms with E-state index in [4.69, 9.17) is 0 Å². The lowest BCUT2D eigenvalue weighted by Crippen LogP contribution is -2.65. The summed E-state index contributed by atoms with van der Waals surface area (Å²) in [5, 5.41) is 22.5. The molecule has 0 atom stereocenters. The van der Waals surface area contributed by atoms with Crippen LogP contribution in [0.3, 0.4) is 0 Å². The Balaban J connectivity index is 0.844. The van der Waals surface area contributed by atoms with E-state index in [-0.39, 0.29) is 24.3 Å². The molecule has 0 aromatic heterocycles. The molecule has 0 saturated carbocycles. The SMILES string of the molecule is CC(C)(C)c1cc2c3c(c1)N(c1ccc4c5ccccc5c5ccccc5c4c1)c1cc4c(cc1B3c1ccccc1N2c1ccc2c3ccccc3c3ccccc3c2c1)B1c2ccccc2N(c2ccc3c5ccccc5c5ccccc5c3c2)c2cc(C(C)(C)C)cc(c21)N4c1c(-c2ccccc2)cccc1-c1ccccc1. The minimum absolute atomic E-state index is 0.221. The molecule has 0 saturated heterocycles. The standard InChI is InChI=1S/C110H78B2N4/c1-109(2,3)69-58-102-106-104(60-69)115(73-54-57-90-84-42-18-15-36-78(84)81-39-21-24-45-87(81)93(90)64-73)100-66-101-97(65-96(100)111(106)94-48-25-27-50-98(94)113(102)71-52-55-88-82-40-16-13-34-76(82)79-37-19-22-43-85(79)91(88)62-71)112-95-49-26-28-51-99(95)114(72-53-56-89-83-41-17-14-35-77(83)80-38-20-23-44-86(80)92(89)63-72)103-59-70(110(4,5)6)61-105(107(103)112)116(101)108-74(67-30-9-7-10-31-67)46-29-47-75(108)68-32-11-8-12-33-68/h7-66H,1-6H3. The Kier molecular flexibility index (Phi) is 14.2. The van der Waals surface area contributed by atoms with E-state index >= 15 is 0 Å². The number of nitrogens with zero attached hydrogens (tertiary/aromatic N) is 4. The molecule has 6 heteroatoms. The minimum Gasteiger partial charge on any atom is -0.311 e. The Morgan fingerprint density at radius 3 is 0.784 bits per heavy atom. The van der Waals surface area contributed by atoms with Gasteiger partial charge in [-0.25, -0.2) is 0 Å². The average molecular weight is 1480 g/mol. The zero-order chi connectivity index (χ0) is 77.1. The van der Waals surface area contributed by atoms with Gasteiger partial charge in [-0.15, -0.1) is 0 Å². The molecule has 20 aromatic rings. The second-order valence-electron chi connectivity index (χ2n) is 34.5. The Hall–Kier alpha value is -13.9. The molecule has 0 amide bonds. The molecular weight excluding hydrogens is 1400 g/mol. The van der Waals surface area contributed by atoms with Gasteiger partial charge in [0.15, 0.2) is 0 Å². The molecule has 24 rings (SSSR count). The molecule has 544 valence electrons. The fourth-order valence-corrected chi connectivity index (χ4v) is 20.9. The summed E-state index contributed by atoms with van der Waals surface area (Å²) in [6.07, 6.45) is 0. The van der Waals surface area contributed by atoms with Crippen molar-refractivity contribution < 1.29 is 0 Å². The fraction of sp³-hybridized carbons (Fsp3) is 0.0727. The summed E-state index contributed by atoms with van der Waals surface area (Å²) < 4.78 is 0. The molecule has 0 bridgehead atoms. The second-order valence-corrected chi connectivity index (χ2v) is 34.5. The van der Waals surface area contributed by atoms with E-state index in [0.717, 1.165) is 56.4 Å². The van der Waals surface area contributed by atoms with Crippen molar-refractivity contribution in [1.29, 1.82) is 0 Å². The first-order chi connectivity index (χ1) is 56.9. The summed E-state index contributed by atoms with van der Waals surface area (Å²) in [4.78, 5) is 10.7. The lowest BCUT2D eigenvalue weighted by Gasteiger charge is -2.48. The molecular formula is C110H78B2N4. The normalized spacial score (nSPS) is 13.5. The van der Waals surface area contributed by atoms with Gasteiger partial charge in [-0.2, -0.15) is 0 Å². The Morgan fingerprint density at radius 1 is 0.190 bits per heavy atom. The van der Waals surface area contributed by atoms with Crippen molar-refractivity contribution in [1.82, 2.24) is 0 Å². The van der Waals surface area contributed by atoms with Gasteiger partial charge < -0.3 is 19.6 Å². The number of fused-ring (bicyclic) bond motifs is 26. The number of rotatable bonds is 6. The molecule has 0 unspecified atom stereocenters. The van der Waals surface area contributed by atoms with Gasteiger partial charge in [0.05, 0.1) is 5.69 Å². The molecule has 4 aliphatic rings. The van der Waals surface area contributed by atoms with Crippen LogP contribution in [0.1, 0.15) is 52.7 Å². The molecule has 0 spiro atoms. The van der Waals surface area contributed by atoms with Crippen molar-refractivity contribution in [3.8, 4) is 22.3 Å². The van der Waals surface area contributed by atoms with E-state index in [1.165, 1.54) is 175 Å². The van der Waals surface area contributed by atoms with Crippen LogP contribution in [0.2, 0.25) is 0 Å². The first-order valence-electron chi connectivity index (χ1n) is 41.0. The van der Waals surface area contributed by atoms with Gasteiger partial charge in [-0.05, 0) is 242 Å². The fourth-order valence-electron chi connectivity index (χ4n) is 20.9. The largest absolute Gasteiger partial charge is 0.311 e. The third kappa shape index (κ3) is 9.65.